The van der Waals surface area contributed by atoms with Crippen LogP contribution in [0.3, 0.4) is 0 Å². The number of halogens is 3. The van der Waals surface area contributed by atoms with E-state index in [0.29, 0.717) is 12.8 Å². The fourth-order valence-corrected chi connectivity index (χ4v) is 2.83. The Morgan fingerprint density at radius 3 is 2.82 bits per heavy atom. The summed E-state index contributed by atoms with van der Waals surface area (Å²) in [5, 5.41) is 11.6. The van der Waals surface area contributed by atoms with Gasteiger partial charge in [0.1, 0.15) is 5.54 Å². The van der Waals surface area contributed by atoms with Gasteiger partial charge in [-0.1, -0.05) is 0 Å². The smallest absolute Gasteiger partial charge is 0.300 e. The van der Waals surface area contributed by atoms with Crippen molar-refractivity contribution in [2.75, 3.05) is 19.6 Å². The Hall–Kier alpha value is -0.800. The van der Waals surface area contributed by atoms with Gasteiger partial charge in [-0.25, -0.2) is 0 Å². The Kier molecular flexibility index (Phi) is 3.32. The van der Waals surface area contributed by atoms with Gasteiger partial charge in [-0.2, -0.15) is 18.4 Å². The standard InChI is InChI=1S/C11H16F3N3/c12-11(13,14)8-16-10(7-15)3-5-17-4-1-2-9(17)6-10/h9,16H,1-6,8H2. The average Bonchev–Trinajstić information content (AvgIpc) is 2.72. The molecule has 3 nitrogen and oxygen atoms in total. The van der Waals surface area contributed by atoms with Crippen molar-refractivity contribution >= 4 is 0 Å². The number of piperidine rings is 1. The van der Waals surface area contributed by atoms with E-state index in [1.807, 2.05) is 0 Å². The molecule has 0 bridgehead atoms. The molecule has 2 atom stereocenters. The number of nitrogens with one attached hydrogen (secondary N) is 1. The predicted molar refractivity (Wildman–Crippen MR) is 56.2 cm³/mol. The molecular formula is C11H16F3N3. The Morgan fingerprint density at radius 1 is 1.41 bits per heavy atom. The van der Waals surface area contributed by atoms with Gasteiger partial charge < -0.3 is 4.90 Å². The van der Waals surface area contributed by atoms with Crippen molar-refractivity contribution < 1.29 is 13.2 Å². The van der Waals surface area contributed by atoms with Gasteiger partial charge >= 0.3 is 6.18 Å². The summed E-state index contributed by atoms with van der Waals surface area (Å²) in [6.07, 6.45) is -1.17. The highest BCUT2D eigenvalue weighted by molar-refractivity contribution is 5.12. The first-order valence-corrected chi connectivity index (χ1v) is 5.91. The third-order valence-electron chi connectivity index (χ3n) is 3.75. The van der Waals surface area contributed by atoms with Gasteiger partial charge in [-0.15, -0.1) is 0 Å². The minimum absolute atomic E-state index is 0.282. The van der Waals surface area contributed by atoms with Crippen molar-refractivity contribution in [1.29, 1.82) is 5.26 Å². The van der Waals surface area contributed by atoms with E-state index in [0.717, 1.165) is 25.9 Å². The second-order valence-corrected chi connectivity index (χ2v) is 4.95. The second-order valence-electron chi connectivity index (χ2n) is 4.95. The van der Waals surface area contributed by atoms with Crippen LogP contribution >= 0.6 is 0 Å². The third-order valence-corrected chi connectivity index (χ3v) is 3.75. The highest BCUT2D eigenvalue weighted by Crippen LogP contribution is 2.33. The molecule has 17 heavy (non-hydrogen) atoms. The van der Waals surface area contributed by atoms with Crippen molar-refractivity contribution in [2.24, 2.45) is 0 Å². The molecule has 0 aliphatic carbocycles. The maximum Gasteiger partial charge on any atom is 0.401 e. The SMILES string of the molecule is N#CC1(NCC(F)(F)F)CCN2CCCC2C1. The molecule has 0 amide bonds. The Bertz CT molecular complexity index is 323. The molecule has 2 unspecified atom stereocenters. The van der Waals surface area contributed by atoms with Crippen LogP contribution in [0.15, 0.2) is 0 Å². The monoisotopic (exact) mass is 247 g/mol. The van der Waals surface area contributed by atoms with E-state index >= 15 is 0 Å². The number of rotatable bonds is 2. The summed E-state index contributed by atoms with van der Waals surface area (Å²) >= 11 is 0. The zero-order valence-corrected chi connectivity index (χ0v) is 9.56. The molecule has 0 radical (unpaired) electrons. The number of nitrogens with zero attached hydrogens (tertiary/aromatic N) is 2. The minimum Gasteiger partial charge on any atom is -0.300 e. The lowest BCUT2D eigenvalue weighted by Crippen LogP contribution is -2.56. The highest BCUT2D eigenvalue weighted by Gasteiger charge is 2.43. The van der Waals surface area contributed by atoms with Gasteiger partial charge in [0.15, 0.2) is 0 Å². The zero-order chi connectivity index (χ0) is 12.5. The fraction of sp³-hybridized carbons (Fsp3) is 0.909. The van der Waals surface area contributed by atoms with Crippen molar-refractivity contribution in [1.82, 2.24) is 10.2 Å². The molecule has 6 heteroatoms. The van der Waals surface area contributed by atoms with Crippen molar-refractivity contribution in [3.8, 4) is 6.07 Å². The molecule has 0 aromatic carbocycles. The van der Waals surface area contributed by atoms with Crippen LogP contribution in [0.5, 0.6) is 0 Å². The van der Waals surface area contributed by atoms with Gasteiger partial charge in [-0.3, -0.25) is 5.32 Å². The zero-order valence-electron chi connectivity index (χ0n) is 9.56. The van der Waals surface area contributed by atoms with Gasteiger partial charge in [0.25, 0.3) is 0 Å². The molecule has 2 aliphatic rings. The van der Waals surface area contributed by atoms with Crippen molar-refractivity contribution in [3.05, 3.63) is 0 Å². The van der Waals surface area contributed by atoms with E-state index in [2.05, 4.69) is 16.3 Å². The molecular weight excluding hydrogens is 231 g/mol. The maximum absolute atomic E-state index is 12.2. The van der Waals surface area contributed by atoms with E-state index < -0.39 is 18.3 Å². The third kappa shape index (κ3) is 2.90. The van der Waals surface area contributed by atoms with Crippen LogP contribution in [0.2, 0.25) is 0 Å². The van der Waals surface area contributed by atoms with Crippen LogP contribution < -0.4 is 5.32 Å². The Morgan fingerprint density at radius 2 is 2.18 bits per heavy atom. The molecule has 2 rings (SSSR count). The molecule has 2 saturated heterocycles. The molecule has 96 valence electrons. The quantitative estimate of drug-likeness (QED) is 0.806. The summed E-state index contributed by atoms with van der Waals surface area (Å²) in [6.45, 7) is 0.668. The normalized spacial score (nSPS) is 34.4. The molecule has 2 aliphatic heterocycles. The van der Waals surface area contributed by atoms with E-state index in [-0.39, 0.29) is 6.04 Å². The molecule has 2 fully saturated rings. The highest BCUT2D eigenvalue weighted by atomic mass is 19.4. The lowest BCUT2D eigenvalue weighted by Gasteiger charge is -2.40. The minimum atomic E-state index is -4.25. The lowest BCUT2D eigenvalue weighted by atomic mass is 9.84. The van der Waals surface area contributed by atoms with Gasteiger partial charge in [-0.05, 0) is 32.2 Å². The number of hydrogen-bond donors (Lipinski definition) is 1. The van der Waals surface area contributed by atoms with Crippen LogP contribution in [-0.2, 0) is 0 Å². The first kappa shape index (κ1) is 12.7. The molecule has 1 N–H and O–H groups in total. The second kappa shape index (κ2) is 4.46. The average molecular weight is 247 g/mol. The molecule has 0 aromatic rings. The van der Waals surface area contributed by atoms with E-state index in [4.69, 9.17) is 5.26 Å². The van der Waals surface area contributed by atoms with Crippen LogP contribution in [-0.4, -0.2) is 42.3 Å². The summed E-state index contributed by atoms with van der Waals surface area (Å²) in [5.74, 6) is 0. The van der Waals surface area contributed by atoms with Crippen molar-refractivity contribution in [3.63, 3.8) is 0 Å². The maximum atomic E-state index is 12.2. The topological polar surface area (TPSA) is 39.1 Å². The summed E-state index contributed by atoms with van der Waals surface area (Å²) in [5.41, 5.74) is -0.985. The van der Waals surface area contributed by atoms with Crippen LogP contribution in [0.1, 0.15) is 25.7 Å². The van der Waals surface area contributed by atoms with E-state index in [9.17, 15) is 13.2 Å². The molecule has 0 spiro atoms. The first-order valence-electron chi connectivity index (χ1n) is 5.91. The lowest BCUT2D eigenvalue weighted by molar-refractivity contribution is -0.128. The predicted octanol–water partition coefficient (Wildman–Crippen LogP) is 1.66. The Labute approximate surface area is 98.6 Å². The molecule has 0 saturated carbocycles. The number of nitriles is 1. The summed E-state index contributed by atoms with van der Waals surface area (Å²) in [7, 11) is 0. The number of alkyl halides is 3. The summed E-state index contributed by atoms with van der Waals surface area (Å²) < 4.78 is 36.6. The number of hydrogen-bond acceptors (Lipinski definition) is 3. The largest absolute Gasteiger partial charge is 0.401 e. The van der Waals surface area contributed by atoms with Gasteiger partial charge in [0.05, 0.1) is 12.6 Å². The molecule has 2 heterocycles. The number of fused-ring (bicyclic) bond motifs is 1. The van der Waals surface area contributed by atoms with Crippen LogP contribution in [0.25, 0.3) is 0 Å². The summed E-state index contributed by atoms with van der Waals surface area (Å²) in [4.78, 5) is 2.28. The Balaban J connectivity index is 1.98. The van der Waals surface area contributed by atoms with E-state index in [1.54, 1.807) is 0 Å². The summed E-state index contributed by atoms with van der Waals surface area (Å²) in [6, 6.07) is 2.35. The fourth-order valence-electron chi connectivity index (χ4n) is 2.83. The van der Waals surface area contributed by atoms with Crippen LogP contribution in [0.4, 0.5) is 13.2 Å². The van der Waals surface area contributed by atoms with E-state index in [1.165, 1.54) is 0 Å². The first-order chi connectivity index (χ1) is 7.94. The molecule has 0 aromatic heterocycles. The van der Waals surface area contributed by atoms with Gasteiger partial charge in [0.2, 0.25) is 0 Å². The van der Waals surface area contributed by atoms with Crippen molar-refractivity contribution in [2.45, 2.75) is 43.4 Å². The van der Waals surface area contributed by atoms with Gasteiger partial charge in [0, 0.05) is 12.6 Å². The van der Waals surface area contributed by atoms with Crippen LogP contribution in [0, 0.1) is 11.3 Å².